The van der Waals surface area contributed by atoms with Crippen LogP contribution in [0, 0.1) is 68.5 Å². The number of likely N-dealkylation sites (tertiary alicyclic amines) is 1. The van der Waals surface area contributed by atoms with Gasteiger partial charge in [0.25, 0.3) is 0 Å². The Labute approximate surface area is 387 Å². The number of benzene rings is 1. The van der Waals surface area contributed by atoms with Gasteiger partial charge in [0.2, 0.25) is 11.8 Å². The number of nitrogens with zero attached hydrogens (tertiary/aromatic N) is 1. The maximum atomic E-state index is 15.7. The highest BCUT2D eigenvalue weighted by atomic mass is 16.5. The summed E-state index contributed by atoms with van der Waals surface area (Å²) < 4.78 is 6.03. The average molecular weight is 882 g/mol. The van der Waals surface area contributed by atoms with Gasteiger partial charge in [-0.3, -0.25) is 19.3 Å². The number of esters is 1. The minimum Gasteiger partial charge on any atom is -0.462 e. The Morgan fingerprint density at radius 1 is 0.844 bits per heavy atom. The molecule has 7 aliphatic rings. The lowest BCUT2D eigenvalue weighted by Crippen LogP contribution is -2.68. The van der Waals surface area contributed by atoms with E-state index in [0.29, 0.717) is 42.6 Å². The van der Waals surface area contributed by atoms with Crippen molar-refractivity contribution in [3.05, 3.63) is 48.0 Å². The van der Waals surface area contributed by atoms with Crippen molar-refractivity contribution in [3.63, 3.8) is 0 Å². The third-order valence-electron chi connectivity index (χ3n) is 20.6. The fourth-order valence-corrected chi connectivity index (χ4v) is 17.4. The predicted octanol–water partition coefficient (Wildman–Crippen LogP) is 10.5. The number of amides is 2. The van der Waals surface area contributed by atoms with Crippen molar-refractivity contribution in [3.8, 4) is 0 Å². The zero-order valence-corrected chi connectivity index (χ0v) is 41.7. The van der Waals surface area contributed by atoms with Crippen molar-refractivity contribution in [2.45, 2.75) is 202 Å². The molecule has 1 saturated heterocycles. The molecular weight excluding hydrogens is 795 g/mol. The molecule has 7 fully saturated rings. The molecule has 1 aromatic carbocycles. The van der Waals surface area contributed by atoms with Crippen molar-refractivity contribution >= 4 is 17.8 Å². The second kappa shape index (κ2) is 17.4. The number of hydrogen-bond donors (Lipinski definition) is 3. The van der Waals surface area contributed by atoms with Crippen LogP contribution >= 0.6 is 0 Å². The highest BCUT2D eigenvalue weighted by molar-refractivity contribution is 5.84. The monoisotopic (exact) mass is 882 g/mol. The molecule has 0 spiro atoms. The van der Waals surface area contributed by atoms with E-state index in [2.05, 4.69) is 75.8 Å². The molecule has 64 heavy (non-hydrogen) atoms. The summed E-state index contributed by atoms with van der Waals surface area (Å²) in [4.78, 5) is 44.2. The average Bonchev–Trinajstić information content (AvgIpc) is 3.63. The van der Waals surface area contributed by atoms with E-state index in [0.717, 1.165) is 69.9 Å². The first-order valence-corrected chi connectivity index (χ1v) is 26.0. The molecule has 3 N–H and O–H groups in total. The second-order valence-electron chi connectivity index (χ2n) is 25.4. The Bertz CT molecular complexity index is 1910. The topological polar surface area (TPSA) is 108 Å². The summed E-state index contributed by atoms with van der Waals surface area (Å²) in [5.74, 6) is 3.05. The van der Waals surface area contributed by atoms with Crippen LogP contribution in [0.5, 0.6) is 0 Å². The van der Waals surface area contributed by atoms with E-state index >= 15 is 4.79 Å². The van der Waals surface area contributed by atoms with Gasteiger partial charge < -0.3 is 20.5 Å². The largest absolute Gasteiger partial charge is 0.462 e. The van der Waals surface area contributed by atoms with Crippen molar-refractivity contribution in [2.24, 2.45) is 68.5 Å². The minimum absolute atomic E-state index is 0.0364. The first kappa shape index (κ1) is 47.8. The van der Waals surface area contributed by atoms with Gasteiger partial charge >= 0.3 is 5.97 Å². The summed E-state index contributed by atoms with van der Waals surface area (Å²) in [5, 5.41) is 19.5. The molecule has 1 aliphatic heterocycles. The number of nitrogens with one attached hydrogen (secondary N) is 2. The highest BCUT2D eigenvalue weighted by Gasteiger charge is 2.72. The normalized spacial score (nSPS) is 41.4. The fraction of sp³-hybridized carbons (Fsp3) is 0.804. The molecule has 356 valence electrons. The molecule has 1 heterocycles. The molecule has 0 aromatic heterocycles. The zero-order valence-electron chi connectivity index (χ0n) is 41.7. The molecule has 2 amide bonds. The van der Waals surface area contributed by atoms with E-state index in [1.165, 1.54) is 44.1 Å². The van der Waals surface area contributed by atoms with Gasteiger partial charge in [-0.1, -0.05) is 96.4 Å². The van der Waals surface area contributed by atoms with Crippen molar-refractivity contribution in [1.29, 1.82) is 0 Å². The Kier molecular flexibility index (Phi) is 13.0. The number of aliphatic hydroxyl groups excluding tert-OH is 1. The lowest BCUT2D eigenvalue weighted by atomic mass is 9.32. The first-order chi connectivity index (χ1) is 30.0. The summed E-state index contributed by atoms with van der Waals surface area (Å²) in [6.07, 6.45) is 15.7. The summed E-state index contributed by atoms with van der Waals surface area (Å²) in [5.41, 5.74) is 1.72. The quantitative estimate of drug-likeness (QED) is 0.160. The van der Waals surface area contributed by atoms with Crippen LogP contribution < -0.4 is 10.6 Å². The highest BCUT2D eigenvalue weighted by Crippen LogP contribution is 2.77. The Morgan fingerprint density at radius 2 is 1.55 bits per heavy atom. The summed E-state index contributed by atoms with van der Waals surface area (Å²) >= 11 is 0. The molecule has 8 nitrogen and oxygen atoms in total. The number of hydrogen-bond acceptors (Lipinski definition) is 6. The van der Waals surface area contributed by atoms with Gasteiger partial charge in [-0.25, -0.2) is 0 Å². The van der Waals surface area contributed by atoms with Crippen LogP contribution in [0.2, 0.25) is 0 Å². The molecule has 1 aromatic rings. The lowest BCUT2D eigenvalue weighted by molar-refractivity contribution is -0.249. The van der Waals surface area contributed by atoms with Gasteiger partial charge in [0, 0.05) is 31.0 Å². The maximum absolute atomic E-state index is 15.7. The van der Waals surface area contributed by atoms with Crippen molar-refractivity contribution < 1.29 is 24.2 Å². The van der Waals surface area contributed by atoms with Gasteiger partial charge in [0.05, 0.1) is 23.6 Å². The number of ether oxygens (including phenoxy) is 1. The number of aliphatic hydroxyl groups is 1. The molecule has 0 bridgehead atoms. The van der Waals surface area contributed by atoms with Crippen LogP contribution in [0.25, 0.3) is 0 Å². The molecular formula is C56H87N3O5. The van der Waals surface area contributed by atoms with Crippen LogP contribution in [0.4, 0.5) is 0 Å². The lowest BCUT2D eigenvalue weighted by Gasteiger charge is -2.72. The van der Waals surface area contributed by atoms with Crippen LogP contribution in [-0.2, 0) is 25.5 Å². The molecule has 0 radical (unpaired) electrons. The number of fused-ring (bicyclic) bond motifs is 8. The Hall–Kier alpha value is -2.71. The standard InChI is InChI=1S/C56H87N3O5/c1-35(2)40-23-28-56(30-29-54(10)41(48(40)56)21-22-46-53(9)26-25-47(64-36(3)60)52(7,8)45(53)24-27-55(46,54)11)50(63)57-42(31-37-17-13-12-14-18-37)44(61)34-59-33-39-20-16-15-19-38(39)32-43(59)49(62)58-51(4,5)6/h12-14,17-18,38-48,61H,1,15-16,19-34H2,2-11H3,(H,57,63)(H,58,62)/t38-,39+,40?,41+,42?,43-,44?,45-,46+,47-,48+,53-,54+,55+,56-/m0/s1. The van der Waals surface area contributed by atoms with Crippen LogP contribution in [-0.4, -0.2) is 70.7 Å². The minimum atomic E-state index is -0.846. The van der Waals surface area contributed by atoms with E-state index < -0.39 is 17.6 Å². The Balaban J connectivity index is 1.07. The van der Waals surface area contributed by atoms with Gasteiger partial charge in [-0.05, 0) is 174 Å². The van der Waals surface area contributed by atoms with Gasteiger partial charge in [0.15, 0.2) is 0 Å². The number of β-amino-alcohol motifs (C(OH)–C–C–N with tert-alkyl or cyclic N) is 1. The maximum Gasteiger partial charge on any atom is 0.302 e. The molecule has 8 rings (SSSR count). The van der Waals surface area contributed by atoms with E-state index in [-0.39, 0.29) is 69.0 Å². The summed E-state index contributed by atoms with van der Waals surface area (Å²) in [6, 6.07) is 9.54. The van der Waals surface area contributed by atoms with E-state index in [9.17, 15) is 14.7 Å². The smallest absolute Gasteiger partial charge is 0.302 e. The van der Waals surface area contributed by atoms with Crippen molar-refractivity contribution in [1.82, 2.24) is 15.5 Å². The molecule has 3 unspecified atom stereocenters. The number of carbonyl (C=O) groups is 3. The van der Waals surface area contributed by atoms with E-state index in [1.807, 2.05) is 39.0 Å². The van der Waals surface area contributed by atoms with Gasteiger partial charge in [-0.2, -0.15) is 0 Å². The number of piperidine rings is 1. The number of allylic oxidation sites excluding steroid dienone is 1. The van der Waals surface area contributed by atoms with E-state index in [4.69, 9.17) is 4.74 Å². The third kappa shape index (κ3) is 8.25. The molecule has 6 aliphatic carbocycles. The molecule has 6 saturated carbocycles. The van der Waals surface area contributed by atoms with E-state index in [1.54, 1.807) is 6.92 Å². The summed E-state index contributed by atoms with van der Waals surface area (Å²) in [6.45, 7) is 28.3. The van der Waals surface area contributed by atoms with Gasteiger partial charge in [0.1, 0.15) is 6.10 Å². The molecule has 8 heteroatoms. The fourth-order valence-electron chi connectivity index (χ4n) is 17.4. The van der Waals surface area contributed by atoms with Crippen molar-refractivity contribution in [2.75, 3.05) is 13.1 Å². The number of rotatable bonds is 10. The Morgan fingerprint density at radius 3 is 2.22 bits per heavy atom. The molecule has 15 atom stereocenters. The number of carbonyl (C=O) groups excluding carboxylic acids is 3. The SMILES string of the molecule is C=C(C)C1CC[C@]2(C(=O)NC(Cc3ccccc3)C(O)CN3C[C@H]4CCCC[C@H]4C[C@H]3C(=O)NC(C)(C)C)CC[C@]3(C)[C@H](CC[C@@H]4[C@@]5(C)CC[C@H](OC(C)=O)C(C)(C)[C@@H]5CC[C@]43C)[C@@H]12. The first-order valence-electron chi connectivity index (χ1n) is 26.0. The zero-order chi connectivity index (χ0) is 46.2. The van der Waals surface area contributed by atoms with Gasteiger partial charge in [-0.15, -0.1) is 0 Å². The summed E-state index contributed by atoms with van der Waals surface area (Å²) in [7, 11) is 0. The van der Waals surface area contributed by atoms with Crippen LogP contribution in [0.3, 0.4) is 0 Å². The third-order valence-corrected chi connectivity index (χ3v) is 20.6. The van der Waals surface area contributed by atoms with Crippen LogP contribution in [0.15, 0.2) is 42.5 Å². The second-order valence-corrected chi connectivity index (χ2v) is 25.4. The van der Waals surface area contributed by atoms with Crippen LogP contribution in [0.1, 0.15) is 171 Å². The predicted molar refractivity (Wildman–Crippen MR) is 256 cm³/mol.